The summed E-state index contributed by atoms with van der Waals surface area (Å²) in [4.78, 5) is 11.5. The number of hydrogen-bond acceptors (Lipinski definition) is 2. The van der Waals surface area contributed by atoms with Crippen LogP contribution < -0.4 is 0 Å². The van der Waals surface area contributed by atoms with Crippen LogP contribution >= 0.6 is 15.9 Å². The zero-order valence-corrected chi connectivity index (χ0v) is 13.6. The monoisotopic (exact) mass is 334 g/mol. The van der Waals surface area contributed by atoms with Crippen LogP contribution in [0.5, 0.6) is 0 Å². The van der Waals surface area contributed by atoms with Crippen molar-refractivity contribution >= 4 is 21.9 Å². The van der Waals surface area contributed by atoms with E-state index in [0.29, 0.717) is 5.56 Å². The van der Waals surface area contributed by atoms with Crippen molar-refractivity contribution in [3.8, 4) is 11.1 Å². The largest absolute Gasteiger partial charge is 0.465 e. The molecule has 0 heterocycles. The van der Waals surface area contributed by atoms with E-state index in [0.717, 1.165) is 16.5 Å². The second kappa shape index (κ2) is 8.54. The maximum absolute atomic E-state index is 11.5. The molecule has 20 heavy (non-hydrogen) atoms. The van der Waals surface area contributed by atoms with Crippen LogP contribution in [0, 0.1) is 0 Å². The molecule has 0 aliphatic heterocycles. The summed E-state index contributed by atoms with van der Waals surface area (Å²) in [6.45, 7) is 4.00. The lowest BCUT2D eigenvalue weighted by Gasteiger charge is -2.05. The van der Waals surface area contributed by atoms with Crippen LogP contribution in [0.25, 0.3) is 11.1 Å². The fourth-order valence-corrected chi connectivity index (χ4v) is 2.13. The minimum Gasteiger partial charge on any atom is -0.465 e. The molecule has 2 aromatic carbocycles. The lowest BCUT2D eigenvalue weighted by atomic mass is 10.0. The zero-order valence-electron chi connectivity index (χ0n) is 12.0. The highest BCUT2D eigenvalue weighted by atomic mass is 79.9. The molecule has 0 unspecified atom stereocenters. The molecule has 106 valence electrons. The fraction of sp³-hybridized carbons (Fsp3) is 0.235. The van der Waals surface area contributed by atoms with Crippen LogP contribution in [0.2, 0.25) is 0 Å². The first-order valence-electron chi connectivity index (χ1n) is 6.58. The van der Waals surface area contributed by atoms with E-state index in [4.69, 9.17) is 4.74 Å². The standard InChI is InChI=1S/C15H13BrO2.C2H6/c1-18-15(17)14-7-3-6-13(9-14)12-5-2-4-11(8-12)10-16;1-2/h2-9H,10H2,1H3;1-2H3. The highest BCUT2D eigenvalue weighted by Gasteiger charge is 2.06. The number of hydrogen-bond donors (Lipinski definition) is 0. The first-order chi connectivity index (χ1) is 9.74. The predicted molar refractivity (Wildman–Crippen MR) is 87.2 cm³/mol. The summed E-state index contributed by atoms with van der Waals surface area (Å²) >= 11 is 3.44. The molecule has 0 aliphatic carbocycles. The summed E-state index contributed by atoms with van der Waals surface area (Å²) in [6, 6.07) is 15.7. The lowest BCUT2D eigenvalue weighted by molar-refractivity contribution is 0.0601. The molecule has 3 heteroatoms. The van der Waals surface area contributed by atoms with Gasteiger partial charge in [0.2, 0.25) is 0 Å². The van der Waals surface area contributed by atoms with Crippen molar-refractivity contribution in [2.24, 2.45) is 0 Å². The number of rotatable bonds is 3. The Morgan fingerprint density at radius 3 is 2.25 bits per heavy atom. The molecular formula is C17H19BrO2. The number of esters is 1. The van der Waals surface area contributed by atoms with Gasteiger partial charge in [0.05, 0.1) is 12.7 Å². The first-order valence-corrected chi connectivity index (χ1v) is 7.70. The summed E-state index contributed by atoms with van der Waals surface area (Å²) in [5.74, 6) is -0.312. The molecule has 0 N–H and O–H groups in total. The van der Waals surface area contributed by atoms with Gasteiger partial charge in [0.15, 0.2) is 0 Å². The van der Waals surface area contributed by atoms with E-state index in [-0.39, 0.29) is 5.97 Å². The van der Waals surface area contributed by atoms with Crippen LogP contribution in [0.3, 0.4) is 0 Å². The summed E-state index contributed by atoms with van der Waals surface area (Å²) in [6.07, 6.45) is 0. The van der Waals surface area contributed by atoms with Gasteiger partial charge in [0.25, 0.3) is 0 Å². The van der Waals surface area contributed by atoms with E-state index in [1.54, 1.807) is 6.07 Å². The van der Waals surface area contributed by atoms with Crippen LogP contribution in [0.15, 0.2) is 48.5 Å². The molecule has 0 saturated heterocycles. The van der Waals surface area contributed by atoms with E-state index >= 15 is 0 Å². The van der Waals surface area contributed by atoms with Gasteiger partial charge < -0.3 is 4.74 Å². The third-order valence-corrected chi connectivity index (χ3v) is 3.35. The van der Waals surface area contributed by atoms with Crippen molar-refractivity contribution in [3.63, 3.8) is 0 Å². The van der Waals surface area contributed by atoms with Gasteiger partial charge in [-0.3, -0.25) is 0 Å². The number of alkyl halides is 1. The molecule has 0 saturated carbocycles. The molecule has 0 atom stereocenters. The minimum atomic E-state index is -0.312. The number of carbonyl (C=O) groups is 1. The van der Waals surface area contributed by atoms with Gasteiger partial charge in [-0.05, 0) is 28.8 Å². The third kappa shape index (κ3) is 4.20. The number of ether oxygens (including phenoxy) is 1. The summed E-state index contributed by atoms with van der Waals surface area (Å²) in [5, 5.41) is 0.817. The Bertz CT molecular complexity index is 564. The first kappa shape index (κ1) is 16.4. The van der Waals surface area contributed by atoms with Crippen molar-refractivity contribution in [1.82, 2.24) is 0 Å². The Kier molecular flexibility index (Phi) is 7.02. The van der Waals surface area contributed by atoms with Gasteiger partial charge in [-0.1, -0.05) is 66.2 Å². The molecule has 0 bridgehead atoms. The number of benzene rings is 2. The van der Waals surface area contributed by atoms with Gasteiger partial charge in [-0.15, -0.1) is 0 Å². The Hall–Kier alpha value is -1.61. The topological polar surface area (TPSA) is 26.3 Å². The quantitative estimate of drug-likeness (QED) is 0.579. The molecular weight excluding hydrogens is 316 g/mol. The SMILES string of the molecule is CC.COC(=O)c1cccc(-c2cccc(CBr)c2)c1. The predicted octanol–water partition coefficient (Wildman–Crippen LogP) is 5.06. The fourth-order valence-electron chi connectivity index (χ4n) is 1.78. The van der Waals surface area contributed by atoms with Gasteiger partial charge in [-0.25, -0.2) is 4.79 Å². The molecule has 0 aliphatic rings. The van der Waals surface area contributed by atoms with Crippen LogP contribution in [0.1, 0.15) is 29.8 Å². The van der Waals surface area contributed by atoms with Crippen molar-refractivity contribution in [3.05, 3.63) is 59.7 Å². The maximum Gasteiger partial charge on any atom is 0.337 e. The van der Waals surface area contributed by atoms with E-state index in [9.17, 15) is 4.79 Å². The molecule has 0 radical (unpaired) electrons. The average Bonchev–Trinajstić information content (AvgIpc) is 2.56. The van der Waals surface area contributed by atoms with Crippen LogP contribution in [0.4, 0.5) is 0 Å². The smallest absolute Gasteiger partial charge is 0.337 e. The van der Waals surface area contributed by atoms with Crippen LogP contribution in [-0.4, -0.2) is 13.1 Å². The molecule has 0 aromatic heterocycles. The Morgan fingerprint density at radius 2 is 1.65 bits per heavy atom. The highest BCUT2D eigenvalue weighted by Crippen LogP contribution is 2.22. The van der Waals surface area contributed by atoms with Gasteiger partial charge in [0, 0.05) is 5.33 Å². The van der Waals surface area contributed by atoms with E-state index in [2.05, 4.69) is 28.1 Å². The molecule has 0 spiro atoms. The number of carbonyl (C=O) groups excluding carboxylic acids is 1. The summed E-state index contributed by atoms with van der Waals surface area (Å²) < 4.78 is 4.73. The van der Waals surface area contributed by atoms with Crippen molar-refractivity contribution in [2.45, 2.75) is 19.2 Å². The molecule has 0 amide bonds. The average molecular weight is 335 g/mol. The van der Waals surface area contributed by atoms with E-state index < -0.39 is 0 Å². The summed E-state index contributed by atoms with van der Waals surface area (Å²) in [5.41, 5.74) is 3.88. The Labute approximate surface area is 128 Å². The van der Waals surface area contributed by atoms with Crippen molar-refractivity contribution in [2.75, 3.05) is 7.11 Å². The molecule has 2 nitrogen and oxygen atoms in total. The Balaban J connectivity index is 0.000000956. The van der Waals surface area contributed by atoms with E-state index in [1.165, 1.54) is 12.7 Å². The minimum absolute atomic E-state index is 0.312. The van der Waals surface area contributed by atoms with Gasteiger partial charge in [0.1, 0.15) is 0 Å². The van der Waals surface area contributed by atoms with E-state index in [1.807, 2.05) is 44.2 Å². The lowest BCUT2D eigenvalue weighted by Crippen LogP contribution is -2.00. The van der Waals surface area contributed by atoms with Gasteiger partial charge in [-0.2, -0.15) is 0 Å². The second-order valence-electron chi connectivity index (χ2n) is 3.91. The third-order valence-electron chi connectivity index (χ3n) is 2.70. The summed E-state index contributed by atoms with van der Waals surface area (Å²) in [7, 11) is 1.39. The molecule has 0 fully saturated rings. The second-order valence-corrected chi connectivity index (χ2v) is 4.47. The number of methoxy groups -OCH3 is 1. The normalized spacial score (nSPS) is 9.40. The van der Waals surface area contributed by atoms with Crippen molar-refractivity contribution in [1.29, 1.82) is 0 Å². The maximum atomic E-state index is 11.5. The van der Waals surface area contributed by atoms with Gasteiger partial charge >= 0.3 is 5.97 Å². The Morgan fingerprint density at radius 1 is 1.05 bits per heavy atom. The highest BCUT2D eigenvalue weighted by molar-refractivity contribution is 9.08. The molecule has 2 rings (SSSR count). The number of halogens is 1. The zero-order chi connectivity index (χ0) is 15.0. The molecule has 2 aromatic rings. The van der Waals surface area contributed by atoms with Crippen molar-refractivity contribution < 1.29 is 9.53 Å². The van der Waals surface area contributed by atoms with Crippen LogP contribution in [-0.2, 0) is 10.1 Å².